The van der Waals surface area contributed by atoms with Gasteiger partial charge in [-0.1, -0.05) is 38.1 Å². The molecule has 7 nitrogen and oxygen atoms in total. The van der Waals surface area contributed by atoms with Crippen LogP contribution < -0.4 is 0 Å². The summed E-state index contributed by atoms with van der Waals surface area (Å²) in [5, 5.41) is 5.76. The third kappa shape index (κ3) is 2.68. The van der Waals surface area contributed by atoms with Crippen LogP contribution in [0.2, 0.25) is 0 Å². The maximum atomic E-state index is 13.3. The Morgan fingerprint density at radius 2 is 1.75 bits per heavy atom. The predicted octanol–water partition coefficient (Wildman–Crippen LogP) is 2.90. The lowest BCUT2D eigenvalue weighted by Crippen LogP contribution is -2.55. The predicted molar refractivity (Wildman–Crippen MR) is 109 cm³/mol. The van der Waals surface area contributed by atoms with E-state index in [1.807, 2.05) is 24.8 Å². The van der Waals surface area contributed by atoms with Gasteiger partial charge < -0.3 is 0 Å². The number of amides is 1. The Morgan fingerprint density at radius 1 is 1.11 bits per heavy atom. The van der Waals surface area contributed by atoms with Gasteiger partial charge >= 0.3 is 0 Å². The van der Waals surface area contributed by atoms with Gasteiger partial charge in [0.1, 0.15) is 0 Å². The lowest BCUT2D eigenvalue weighted by Gasteiger charge is -2.35. The molecule has 9 heteroatoms. The van der Waals surface area contributed by atoms with E-state index >= 15 is 0 Å². The molecule has 1 amide bonds. The van der Waals surface area contributed by atoms with Crippen molar-refractivity contribution < 1.29 is 13.2 Å². The quantitative estimate of drug-likeness (QED) is 0.699. The van der Waals surface area contributed by atoms with Gasteiger partial charge in [0.05, 0.1) is 10.5 Å². The van der Waals surface area contributed by atoms with Crippen molar-refractivity contribution in [3.63, 3.8) is 0 Å². The van der Waals surface area contributed by atoms with Crippen molar-refractivity contribution in [2.24, 2.45) is 5.10 Å². The summed E-state index contributed by atoms with van der Waals surface area (Å²) in [5.74, 6) is -0.0770. The minimum Gasteiger partial charge on any atom is -0.267 e. The van der Waals surface area contributed by atoms with E-state index in [1.165, 1.54) is 9.31 Å². The van der Waals surface area contributed by atoms with Crippen LogP contribution in [0.5, 0.6) is 0 Å². The Labute approximate surface area is 172 Å². The number of hydrogen-bond acceptors (Lipinski definition) is 5. The molecule has 2 aliphatic rings. The van der Waals surface area contributed by atoms with Gasteiger partial charge in [-0.25, -0.2) is 12.7 Å². The second-order valence-electron chi connectivity index (χ2n) is 6.42. The largest absolute Gasteiger partial charge is 0.278 e. The maximum Gasteiger partial charge on any atom is 0.278 e. The number of halogens is 1. The van der Waals surface area contributed by atoms with E-state index in [2.05, 4.69) is 21.0 Å². The number of amidine groups is 1. The van der Waals surface area contributed by atoms with Gasteiger partial charge in [0.2, 0.25) is 0 Å². The minimum atomic E-state index is -3.80. The van der Waals surface area contributed by atoms with E-state index < -0.39 is 16.3 Å². The summed E-state index contributed by atoms with van der Waals surface area (Å²) in [4.78, 5) is 15.4. The molecular weight excluding hydrogens is 444 g/mol. The highest BCUT2D eigenvalue weighted by Gasteiger charge is 2.53. The average molecular weight is 463 g/mol. The van der Waals surface area contributed by atoms with E-state index in [0.29, 0.717) is 28.7 Å². The SMILES string of the molecule is CCN(CC)[C@H]1N(C(=O)c2ccccc2Br)N=C2c3ccccc3S(=O)(=O)N21. The zero-order valence-electron chi connectivity index (χ0n) is 15.4. The Balaban J connectivity index is 1.89. The molecule has 0 bridgehead atoms. The number of fused-ring (bicyclic) bond motifs is 3. The van der Waals surface area contributed by atoms with Crippen LogP contribution in [0, 0.1) is 0 Å². The molecule has 0 unspecified atom stereocenters. The van der Waals surface area contributed by atoms with Gasteiger partial charge in [-0.2, -0.15) is 5.01 Å². The molecule has 0 radical (unpaired) electrons. The third-order valence-corrected chi connectivity index (χ3v) is 7.44. The van der Waals surface area contributed by atoms with E-state index in [1.54, 1.807) is 42.5 Å². The van der Waals surface area contributed by atoms with Crippen molar-refractivity contribution in [1.82, 2.24) is 14.2 Å². The molecule has 4 rings (SSSR count). The average Bonchev–Trinajstić information content (AvgIpc) is 3.19. The highest BCUT2D eigenvalue weighted by atomic mass is 79.9. The highest BCUT2D eigenvalue weighted by Crippen LogP contribution is 2.39. The van der Waals surface area contributed by atoms with E-state index in [0.717, 1.165) is 0 Å². The fraction of sp³-hybridized carbons (Fsp3) is 0.263. The summed E-state index contributed by atoms with van der Waals surface area (Å²) in [6.45, 7) is 4.98. The summed E-state index contributed by atoms with van der Waals surface area (Å²) in [6, 6.07) is 13.8. The number of nitrogens with zero attached hydrogens (tertiary/aromatic N) is 4. The van der Waals surface area contributed by atoms with Gasteiger partial charge in [-0.3, -0.25) is 9.69 Å². The summed E-state index contributed by atoms with van der Waals surface area (Å²) in [7, 11) is -3.80. The van der Waals surface area contributed by atoms with Crippen LogP contribution in [0.3, 0.4) is 0 Å². The van der Waals surface area contributed by atoms with Crippen molar-refractivity contribution in [2.45, 2.75) is 25.0 Å². The molecule has 28 heavy (non-hydrogen) atoms. The molecule has 2 aromatic carbocycles. The van der Waals surface area contributed by atoms with E-state index in [4.69, 9.17) is 0 Å². The number of hydrazone groups is 1. The second kappa shape index (κ2) is 6.98. The number of carbonyl (C=O) groups is 1. The van der Waals surface area contributed by atoms with Gasteiger partial charge in [0, 0.05) is 10.0 Å². The zero-order valence-corrected chi connectivity index (χ0v) is 17.8. The first-order valence-corrected chi connectivity index (χ1v) is 11.2. The molecule has 2 aliphatic heterocycles. The van der Waals surface area contributed by atoms with Crippen molar-refractivity contribution in [2.75, 3.05) is 13.1 Å². The first-order chi connectivity index (χ1) is 13.4. The Kier molecular flexibility index (Phi) is 4.76. The molecule has 1 atom stereocenters. The zero-order chi connectivity index (χ0) is 20.1. The Hall–Kier alpha value is -2.23. The topological polar surface area (TPSA) is 73.3 Å². The standard InChI is InChI=1S/C19H19BrN4O3S/c1-3-22(4-2)19-23(18(25)13-9-5-7-11-15(13)20)21-17-14-10-6-8-12-16(14)28(26,27)24(17)19/h5-12,19H,3-4H2,1-2H3/t19-/m0/s1. The van der Waals surface area contributed by atoms with Crippen LogP contribution >= 0.6 is 15.9 Å². The maximum absolute atomic E-state index is 13.3. The fourth-order valence-corrected chi connectivity index (χ4v) is 5.75. The highest BCUT2D eigenvalue weighted by molar-refractivity contribution is 9.10. The molecule has 0 fully saturated rings. The number of sulfonamides is 1. The van der Waals surface area contributed by atoms with Crippen molar-refractivity contribution in [3.05, 3.63) is 64.1 Å². The van der Waals surface area contributed by atoms with Gasteiger partial charge in [-0.05, 0) is 53.3 Å². The van der Waals surface area contributed by atoms with Gasteiger partial charge in [-0.15, -0.1) is 5.10 Å². The monoisotopic (exact) mass is 462 g/mol. The molecule has 0 saturated carbocycles. The second-order valence-corrected chi connectivity index (χ2v) is 9.06. The normalized spacial score (nSPS) is 19.6. The van der Waals surface area contributed by atoms with Crippen LogP contribution in [-0.4, -0.2) is 53.8 Å². The third-order valence-electron chi connectivity index (χ3n) is 4.96. The van der Waals surface area contributed by atoms with E-state index in [-0.39, 0.29) is 16.6 Å². The lowest BCUT2D eigenvalue weighted by atomic mass is 10.2. The van der Waals surface area contributed by atoms with E-state index in [9.17, 15) is 13.2 Å². The van der Waals surface area contributed by atoms with Gasteiger partial charge in [0.15, 0.2) is 12.1 Å². The molecular formula is C19H19BrN4O3S. The van der Waals surface area contributed by atoms with Crippen molar-refractivity contribution in [3.8, 4) is 0 Å². The fourth-order valence-electron chi connectivity index (χ4n) is 3.56. The van der Waals surface area contributed by atoms with Gasteiger partial charge in [0.25, 0.3) is 15.9 Å². The first kappa shape index (κ1) is 19.1. The van der Waals surface area contributed by atoms with Crippen LogP contribution in [0.15, 0.2) is 63.0 Å². The molecule has 0 saturated heterocycles. The number of benzene rings is 2. The lowest BCUT2D eigenvalue weighted by molar-refractivity contribution is 0.0183. The van der Waals surface area contributed by atoms with Crippen molar-refractivity contribution in [1.29, 1.82) is 0 Å². The van der Waals surface area contributed by atoms with Crippen LogP contribution in [0.4, 0.5) is 0 Å². The Morgan fingerprint density at radius 3 is 2.43 bits per heavy atom. The summed E-state index contributed by atoms with van der Waals surface area (Å²) < 4.78 is 28.4. The number of hydrogen-bond donors (Lipinski definition) is 0. The molecule has 146 valence electrons. The summed E-state index contributed by atoms with van der Waals surface area (Å²) >= 11 is 3.40. The van der Waals surface area contributed by atoms with Crippen LogP contribution in [-0.2, 0) is 10.0 Å². The molecule has 0 aliphatic carbocycles. The summed E-state index contributed by atoms with van der Waals surface area (Å²) in [5.41, 5.74) is 0.943. The molecule has 2 aromatic rings. The molecule has 2 heterocycles. The first-order valence-electron chi connectivity index (χ1n) is 8.96. The minimum absolute atomic E-state index is 0.221. The number of carbonyl (C=O) groups excluding carboxylic acids is 1. The van der Waals surface area contributed by atoms with Crippen LogP contribution in [0.1, 0.15) is 29.8 Å². The molecule has 0 N–H and O–H groups in total. The summed E-state index contributed by atoms with van der Waals surface area (Å²) in [6.07, 6.45) is -0.845. The molecule has 0 aromatic heterocycles. The van der Waals surface area contributed by atoms with Crippen LogP contribution in [0.25, 0.3) is 0 Å². The molecule has 0 spiro atoms. The number of rotatable bonds is 4. The smallest absolute Gasteiger partial charge is 0.267 e. The Bertz CT molecular complexity index is 1080. The van der Waals surface area contributed by atoms with Crippen molar-refractivity contribution >= 4 is 37.7 Å².